The summed E-state index contributed by atoms with van der Waals surface area (Å²) in [5.74, 6) is -0.476. The summed E-state index contributed by atoms with van der Waals surface area (Å²) in [6.45, 7) is 1.10. The molecule has 0 saturated carbocycles. The standard InChI is InChI=1S/C13H17N5O3S/c14-12(19)8-3-5-17(6-4-8)10-2-1-9(16-13(15)22)7-11(10)18(20)21/h1-2,7-8H,3-6H2,(H2,14,19)(H3,15,16,22). The number of amides is 1. The van der Waals surface area contributed by atoms with E-state index in [1.165, 1.54) is 6.07 Å². The van der Waals surface area contributed by atoms with Gasteiger partial charge in [-0.05, 0) is 37.2 Å². The maximum absolute atomic E-state index is 11.3. The predicted octanol–water partition coefficient (Wildman–Crippen LogP) is 0.952. The number of thiocarbonyl (C=S) groups is 1. The number of nitrogens with one attached hydrogen (secondary N) is 1. The summed E-state index contributed by atoms with van der Waals surface area (Å²) in [6.07, 6.45) is 1.19. The van der Waals surface area contributed by atoms with Crippen molar-refractivity contribution < 1.29 is 9.72 Å². The smallest absolute Gasteiger partial charge is 0.294 e. The highest BCUT2D eigenvalue weighted by Gasteiger charge is 2.27. The van der Waals surface area contributed by atoms with Gasteiger partial charge in [-0.3, -0.25) is 14.9 Å². The lowest BCUT2D eigenvalue weighted by atomic mass is 9.96. The van der Waals surface area contributed by atoms with Crippen LogP contribution in [0.2, 0.25) is 0 Å². The summed E-state index contributed by atoms with van der Waals surface area (Å²) >= 11 is 4.72. The molecule has 1 fully saturated rings. The average Bonchev–Trinajstić information content (AvgIpc) is 2.46. The average molecular weight is 323 g/mol. The van der Waals surface area contributed by atoms with Crippen LogP contribution in [0.1, 0.15) is 12.8 Å². The molecule has 0 aliphatic carbocycles. The van der Waals surface area contributed by atoms with Crippen molar-refractivity contribution in [1.82, 2.24) is 0 Å². The Morgan fingerprint density at radius 3 is 2.50 bits per heavy atom. The van der Waals surface area contributed by atoms with Gasteiger partial charge >= 0.3 is 0 Å². The molecule has 1 amide bonds. The van der Waals surface area contributed by atoms with Gasteiger partial charge in [-0.1, -0.05) is 0 Å². The Bertz CT molecular complexity index is 614. The first-order valence-electron chi connectivity index (χ1n) is 6.77. The van der Waals surface area contributed by atoms with Crippen molar-refractivity contribution in [3.63, 3.8) is 0 Å². The van der Waals surface area contributed by atoms with Crippen molar-refractivity contribution >= 4 is 40.3 Å². The van der Waals surface area contributed by atoms with E-state index in [1.807, 2.05) is 4.90 Å². The summed E-state index contributed by atoms with van der Waals surface area (Å²) in [5.41, 5.74) is 11.6. The van der Waals surface area contributed by atoms with Gasteiger partial charge in [0, 0.05) is 30.8 Å². The number of rotatable bonds is 4. The van der Waals surface area contributed by atoms with Gasteiger partial charge in [0.1, 0.15) is 5.69 Å². The number of piperidine rings is 1. The SMILES string of the molecule is NC(=O)C1CCN(c2ccc(NC(N)=S)cc2[N+](=O)[O-])CC1. The molecule has 0 bridgehead atoms. The van der Waals surface area contributed by atoms with Crippen molar-refractivity contribution in [1.29, 1.82) is 0 Å². The fourth-order valence-electron chi connectivity index (χ4n) is 2.56. The molecule has 9 heteroatoms. The van der Waals surface area contributed by atoms with E-state index in [9.17, 15) is 14.9 Å². The van der Waals surface area contributed by atoms with Crippen LogP contribution in [0.4, 0.5) is 17.1 Å². The van der Waals surface area contributed by atoms with E-state index >= 15 is 0 Å². The normalized spacial score (nSPS) is 15.4. The summed E-state index contributed by atoms with van der Waals surface area (Å²) in [6, 6.07) is 4.74. The molecular formula is C13H17N5O3S. The molecule has 1 saturated heterocycles. The van der Waals surface area contributed by atoms with Gasteiger partial charge in [0.2, 0.25) is 5.91 Å². The third kappa shape index (κ3) is 3.61. The van der Waals surface area contributed by atoms with Gasteiger partial charge in [0.25, 0.3) is 5.69 Å². The second-order valence-corrected chi connectivity index (χ2v) is 5.55. The number of hydrogen-bond acceptors (Lipinski definition) is 5. The van der Waals surface area contributed by atoms with Gasteiger partial charge in [0.05, 0.1) is 4.92 Å². The number of carbonyl (C=O) groups excluding carboxylic acids is 1. The van der Waals surface area contributed by atoms with Crippen LogP contribution in [0, 0.1) is 16.0 Å². The zero-order chi connectivity index (χ0) is 16.3. The minimum Gasteiger partial charge on any atom is -0.376 e. The summed E-state index contributed by atoms with van der Waals surface area (Å²) in [4.78, 5) is 23.9. The van der Waals surface area contributed by atoms with E-state index in [0.717, 1.165) is 0 Å². The summed E-state index contributed by atoms with van der Waals surface area (Å²) < 4.78 is 0. The maximum Gasteiger partial charge on any atom is 0.294 e. The van der Waals surface area contributed by atoms with Crippen LogP contribution >= 0.6 is 12.2 Å². The highest BCUT2D eigenvalue weighted by atomic mass is 32.1. The zero-order valence-corrected chi connectivity index (χ0v) is 12.6. The van der Waals surface area contributed by atoms with E-state index in [2.05, 4.69) is 5.32 Å². The fourth-order valence-corrected chi connectivity index (χ4v) is 2.68. The van der Waals surface area contributed by atoms with Gasteiger partial charge in [-0.25, -0.2) is 0 Å². The van der Waals surface area contributed by atoms with Gasteiger partial charge in [0.15, 0.2) is 5.11 Å². The van der Waals surface area contributed by atoms with Gasteiger partial charge < -0.3 is 21.7 Å². The summed E-state index contributed by atoms with van der Waals surface area (Å²) in [7, 11) is 0. The second kappa shape index (κ2) is 6.56. The molecule has 1 aromatic rings. The van der Waals surface area contributed by atoms with Crippen LogP contribution in [0.3, 0.4) is 0 Å². The fraction of sp³-hybridized carbons (Fsp3) is 0.385. The Kier molecular flexibility index (Phi) is 4.76. The van der Waals surface area contributed by atoms with E-state index in [4.69, 9.17) is 23.7 Å². The van der Waals surface area contributed by atoms with Crippen molar-refractivity contribution in [3.8, 4) is 0 Å². The number of nitro groups is 1. The Hall–Kier alpha value is -2.42. The molecule has 0 unspecified atom stereocenters. The first-order valence-corrected chi connectivity index (χ1v) is 7.18. The van der Waals surface area contributed by atoms with E-state index < -0.39 is 4.92 Å². The van der Waals surface area contributed by atoms with Crippen molar-refractivity contribution in [2.75, 3.05) is 23.3 Å². The lowest BCUT2D eigenvalue weighted by Crippen LogP contribution is -2.38. The second-order valence-electron chi connectivity index (χ2n) is 5.11. The first kappa shape index (κ1) is 16.0. The van der Waals surface area contributed by atoms with Gasteiger partial charge in [-0.15, -0.1) is 0 Å². The molecule has 22 heavy (non-hydrogen) atoms. The number of hydrogen-bond donors (Lipinski definition) is 3. The molecular weight excluding hydrogens is 306 g/mol. The Morgan fingerprint density at radius 1 is 1.36 bits per heavy atom. The molecule has 1 aromatic carbocycles. The third-order valence-corrected chi connectivity index (χ3v) is 3.78. The van der Waals surface area contributed by atoms with Crippen LogP contribution in [0.5, 0.6) is 0 Å². The van der Waals surface area contributed by atoms with Crippen molar-refractivity contribution in [2.45, 2.75) is 12.8 Å². The molecule has 1 aliphatic rings. The number of nitrogens with zero attached hydrogens (tertiary/aromatic N) is 2. The molecule has 2 rings (SSSR count). The first-order chi connectivity index (χ1) is 10.4. The maximum atomic E-state index is 11.3. The number of nitrogens with two attached hydrogens (primary N) is 2. The Labute approximate surface area is 132 Å². The number of carbonyl (C=O) groups is 1. The topological polar surface area (TPSA) is 128 Å². The van der Waals surface area contributed by atoms with Gasteiger partial charge in [-0.2, -0.15) is 0 Å². The molecule has 1 heterocycles. The van der Waals surface area contributed by atoms with Crippen LogP contribution in [-0.4, -0.2) is 29.0 Å². The monoisotopic (exact) mass is 323 g/mol. The quantitative estimate of drug-likeness (QED) is 0.427. The zero-order valence-electron chi connectivity index (χ0n) is 11.8. The lowest BCUT2D eigenvalue weighted by molar-refractivity contribution is -0.384. The Balaban J connectivity index is 2.22. The van der Waals surface area contributed by atoms with E-state index in [-0.39, 0.29) is 22.6 Å². The summed E-state index contributed by atoms with van der Waals surface area (Å²) in [5, 5.41) is 14.0. The number of primary amides is 1. The molecule has 0 spiro atoms. The Morgan fingerprint density at radius 2 is 2.00 bits per heavy atom. The van der Waals surface area contributed by atoms with E-state index in [1.54, 1.807) is 12.1 Å². The van der Waals surface area contributed by atoms with Crippen molar-refractivity contribution in [2.24, 2.45) is 17.4 Å². The minimum absolute atomic E-state index is 0.0289. The van der Waals surface area contributed by atoms with Crippen LogP contribution < -0.4 is 21.7 Å². The predicted molar refractivity (Wildman–Crippen MR) is 87.6 cm³/mol. The van der Waals surface area contributed by atoms with E-state index in [0.29, 0.717) is 37.3 Å². The van der Waals surface area contributed by atoms with Crippen molar-refractivity contribution in [3.05, 3.63) is 28.3 Å². The molecule has 0 atom stereocenters. The molecule has 8 nitrogen and oxygen atoms in total. The number of anilines is 2. The molecule has 5 N–H and O–H groups in total. The highest BCUT2D eigenvalue weighted by molar-refractivity contribution is 7.80. The third-order valence-electron chi connectivity index (χ3n) is 3.68. The van der Waals surface area contributed by atoms with Crippen LogP contribution in [0.25, 0.3) is 0 Å². The van der Waals surface area contributed by atoms with Crippen LogP contribution in [-0.2, 0) is 4.79 Å². The molecule has 118 valence electrons. The minimum atomic E-state index is -0.444. The lowest BCUT2D eigenvalue weighted by Gasteiger charge is -2.32. The molecule has 1 aliphatic heterocycles. The van der Waals surface area contributed by atoms with Crippen LogP contribution in [0.15, 0.2) is 18.2 Å². The molecule has 0 radical (unpaired) electrons. The number of nitro benzene ring substituents is 1. The molecule has 0 aromatic heterocycles. The largest absolute Gasteiger partial charge is 0.376 e. The number of benzene rings is 1. The highest BCUT2D eigenvalue weighted by Crippen LogP contribution is 2.33.